The van der Waals surface area contributed by atoms with Crippen molar-refractivity contribution in [1.29, 1.82) is 0 Å². The van der Waals surface area contributed by atoms with Crippen molar-refractivity contribution >= 4 is 0 Å². The van der Waals surface area contributed by atoms with Gasteiger partial charge in [-0.05, 0) is 44.1 Å². The summed E-state index contributed by atoms with van der Waals surface area (Å²) in [6.45, 7) is 9.11. The number of rotatable bonds is 6. The summed E-state index contributed by atoms with van der Waals surface area (Å²) in [7, 11) is 0. The smallest absolute Gasteiger partial charge is 0.0347 e. The highest BCUT2D eigenvalue weighted by Crippen LogP contribution is 2.07. The summed E-state index contributed by atoms with van der Waals surface area (Å²) in [5.74, 6) is 0. The minimum absolute atomic E-state index is 0.993. The molecule has 1 N–H and O–H groups in total. The van der Waals surface area contributed by atoms with Crippen LogP contribution in [-0.2, 0) is 13.1 Å². The largest absolute Gasteiger partial charge is 0.353 e. The predicted molar refractivity (Wildman–Crippen MR) is 67.5 cm³/mol. The van der Waals surface area contributed by atoms with E-state index in [9.17, 15) is 0 Å². The van der Waals surface area contributed by atoms with Crippen LogP contribution in [0.1, 0.15) is 25.3 Å². The van der Waals surface area contributed by atoms with Crippen molar-refractivity contribution in [3.8, 4) is 0 Å². The zero-order valence-electron chi connectivity index (χ0n) is 10.3. The van der Waals surface area contributed by atoms with Crippen LogP contribution in [0.3, 0.4) is 0 Å². The second kappa shape index (κ2) is 6.06. The zero-order chi connectivity index (χ0) is 11.2. The van der Waals surface area contributed by atoms with Gasteiger partial charge in [0.05, 0.1) is 0 Å². The van der Waals surface area contributed by atoms with E-state index in [0.29, 0.717) is 0 Å². The van der Waals surface area contributed by atoms with Gasteiger partial charge in [-0.25, -0.2) is 0 Å². The Morgan fingerprint density at radius 1 is 1.25 bits per heavy atom. The van der Waals surface area contributed by atoms with Crippen molar-refractivity contribution in [2.45, 2.75) is 32.9 Å². The second-order valence-corrected chi connectivity index (χ2v) is 4.59. The molecule has 90 valence electrons. The molecule has 0 saturated carbocycles. The highest BCUT2D eigenvalue weighted by atomic mass is 15.2. The molecule has 0 aliphatic carbocycles. The van der Waals surface area contributed by atoms with E-state index in [0.717, 1.165) is 19.6 Å². The molecular weight excluding hydrogens is 198 g/mol. The third-order valence-corrected chi connectivity index (χ3v) is 3.26. The first-order valence-corrected chi connectivity index (χ1v) is 6.46. The van der Waals surface area contributed by atoms with E-state index >= 15 is 0 Å². The molecule has 2 rings (SSSR count). The lowest BCUT2D eigenvalue weighted by molar-refractivity contribution is 0.322. The van der Waals surface area contributed by atoms with Crippen LogP contribution in [0.4, 0.5) is 0 Å². The molecule has 1 aromatic heterocycles. The van der Waals surface area contributed by atoms with Crippen LogP contribution < -0.4 is 5.32 Å². The zero-order valence-corrected chi connectivity index (χ0v) is 10.3. The summed E-state index contributed by atoms with van der Waals surface area (Å²) in [4.78, 5) is 2.56. The Balaban J connectivity index is 1.73. The van der Waals surface area contributed by atoms with E-state index in [4.69, 9.17) is 0 Å². The van der Waals surface area contributed by atoms with Crippen LogP contribution in [-0.4, -0.2) is 35.6 Å². The molecule has 16 heavy (non-hydrogen) atoms. The Kier molecular flexibility index (Phi) is 4.43. The van der Waals surface area contributed by atoms with Gasteiger partial charge < -0.3 is 14.8 Å². The summed E-state index contributed by atoms with van der Waals surface area (Å²) in [6.07, 6.45) is 7.23. The molecule has 0 aromatic carbocycles. The lowest BCUT2D eigenvalue weighted by Gasteiger charge is -2.14. The van der Waals surface area contributed by atoms with E-state index < -0.39 is 0 Å². The van der Waals surface area contributed by atoms with Gasteiger partial charge in [0.1, 0.15) is 0 Å². The third-order valence-electron chi connectivity index (χ3n) is 3.26. The molecule has 1 aromatic rings. The molecule has 2 heterocycles. The first-order valence-electron chi connectivity index (χ1n) is 6.46. The van der Waals surface area contributed by atoms with Gasteiger partial charge in [0.15, 0.2) is 0 Å². The minimum atomic E-state index is 0.993. The molecule has 3 heteroatoms. The molecule has 0 amide bonds. The fourth-order valence-electron chi connectivity index (χ4n) is 2.27. The number of likely N-dealkylation sites (tertiary alicyclic amines) is 1. The van der Waals surface area contributed by atoms with Crippen molar-refractivity contribution in [3.63, 3.8) is 0 Å². The van der Waals surface area contributed by atoms with E-state index in [1.165, 1.54) is 38.0 Å². The predicted octanol–water partition coefficient (Wildman–Crippen LogP) is 1.69. The van der Waals surface area contributed by atoms with Crippen LogP contribution in [0, 0.1) is 0 Å². The van der Waals surface area contributed by atoms with E-state index in [-0.39, 0.29) is 0 Å². The fraction of sp³-hybridized carbons (Fsp3) is 0.692. The molecule has 1 aliphatic rings. The molecule has 0 unspecified atom stereocenters. The normalized spacial score (nSPS) is 17.1. The minimum Gasteiger partial charge on any atom is -0.353 e. The monoisotopic (exact) mass is 221 g/mol. The standard InChI is InChI=1S/C13H23N3/c1-2-14-11-13-5-8-16(12-13)10-9-15-6-3-4-7-15/h5,8,12,14H,2-4,6-7,9-11H2,1H3. The summed E-state index contributed by atoms with van der Waals surface area (Å²) < 4.78 is 2.31. The Morgan fingerprint density at radius 2 is 2.06 bits per heavy atom. The molecule has 0 atom stereocenters. The number of hydrogen-bond donors (Lipinski definition) is 1. The molecule has 0 spiro atoms. The van der Waals surface area contributed by atoms with E-state index in [2.05, 4.69) is 40.2 Å². The highest BCUT2D eigenvalue weighted by molar-refractivity contribution is 5.09. The van der Waals surface area contributed by atoms with Crippen LogP contribution in [0.2, 0.25) is 0 Å². The van der Waals surface area contributed by atoms with E-state index in [1.54, 1.807) is 0 Å². The van der Waals surface area contributed by atoms with Crippen LogP contribution >= 0.6 is 0 Å². The average molecular weight is 221 g/mol. The van der Waals surface area contributed by atoms with Gasteiger partial charge in [-0.1, -0.05) is 6.92 Å². The summed E-state index contributed by atoms with van der Waals surface area (Å²) in [6, 6.07) is 2.21. The Bertz CT molecular complexity index is 300. The molecule has 0 bridgehead atoms. The molecule has 3 nitrogen and oxygen atoms in total. The quantitative estimate of drug-likeness (QED) is 0.789. The summed E-state index contributed by atoms with van der Waals surface area (Å²) >= 11 is 0. The van der Waals surface area contributed by atoms with Crippen LogP contribution in [0.15, 0.2) is 18.5 Å². The van der Waals surface area contributed by atoms with Gasteiger partial charge in [-0.2, -0.15) is 0 Å². The summed E-state index contributed by atoms with van der Waals surface area (Å²) in [5, 5.41) is 3.35. The number of nitrogens with one attached hydrogen (secondary N) is 1. The van der Waals surface area contributed by atoms with Crippen LogP contribution in [0.5, 0.6) is 0 Å². The maximum Gasteiger partial charge on any atom is 0.0347 e. The van der Waals surface area contributed by atoms with Crippen molar-refractivity contribution in [2.75, 3.05) is 26.2 Å². The number of aromatic nitrogens is 1. The molecular formula is C13H23N3. The molecule has 1 fully saturated rings. The van der Waals surface area contributed by atoms with Crippen molar-refractivity contribution in [2.24, 2.45) is 0 Å². The fourth-order valence-corrected chi connectivity index (χ4v) is 2.27. The van der Waals surface area contributed by atoms with Crippen LogP contribution in [0.25, 0.3) is 0 Å². The van der Waals surface area contributed by atoms with Crippen molar-refractivity contribution in [1.82, 2.24) is 14.8 Å². The summed E-state index contributed by atoms with van der Waals surface area (Å²) in [5.41, 5.74) is 1.39. The van der Waals surface area contributed by atoms with Gasteiger partial charge in [0.2, 0.25) is 0 Å². The maximum absolute atomic E-state index is 3.35. The maximum atomic E-state index is 3.35. The Labute approximate surface area is 98.4 Å². The molecule has 1 aliphatic heterocycles. The Morgan fingerprint density at radius 3 is 2.81 bits per heavy atom. The third kappa shape index (κ3) is 3.35. The number of hydrogen-bond acceptors (Lipinski definition) is 2. The second-order valence-electron chi connectivity index (χ2n) is 4.59. The molecule has 0 radical (unpaired) electrons. The average Bonchev–Trinajstić information content (AvgIpc) is 2.95. The van der Waals surface area contributed by atoms with Gasteiger partial charge in [0.25, 0.3) is 0 Å². The molecule has 1 saturated heterocycles. The number of nitrogens with zero attached hydrogens (tertiary/aromatic N) is 2. The van der Waals surface area contributed by atoms with Gasteiger partial charge in [-0.3, -0.25) is 0 Å². The SMILES string of the molecule is CCNCc1ccn(CCN2CCCC2)c1. The van der Waals surface area contributed by atoms with Gasteiger partial charge >= 0.3 is 0 Å². The van der Waals surface area contributed by atoms with Gasteiger partial charge in [-0.15, -0.1) is 0 Å². The van der Waals surface area contributed by atoms with E-state index in [1.807, 2.05) is 0 Å². The first-order chi connectivity index (χ1) is 7.88. The van der Waals surface area contributed by atoms with Crippen molar-refractivity contribution < 1.29 is 0 Å². The topological polar surface area (TPSA) is 20.2 Å². The first kappa shape index (κ1) is 11.7. The highest BCUT2D eigenvalue weighted by Gasteiger charge is 2.10. The van der Waals surface area contributed by atoms with Gasteiger partial charge in [0, 0.05) is 32.0 Å². The lowest BCUT2D eigenvalue weighted by Crippen LogP contribution is -2.23. The lowest BCUT2D eigenvalue weighted by atomic mass is 10.3. The van der Waals surface area contributed by atoms with Crippen molar-refractivity contribution in [3.05, 3.63) is 24.0 Å². The Hall–Kier alpha value is -0.800.